The second-order valence-corrected chi connectivity index (χ2v) is 10.4. The Morgan fingerprint density at radius 2 is 1.71 bits per heavy atom. The van der Waals surface area contributed by atoms with Crippen LogP contribution in [0.4, 0.5) is 4.79 Å². The number of alkyl carbamates (subject to hydrolysis) is 1. The molecule has 31 heavy (non-hydrogen) atoms. The molecule has 172 valence electrons. The third-order valence-electron chi connectivity index (χ3n) is 4.77. The third-order valence-corrected chi connectivity index (χ3v) is 4.77. The van der Waals surface area contributed by atoms with Crippen molar-refractivity contribution >= 4 is 17.9 Å². The number of benzene rings is 1. The first-order valence-electron chi connectivity index (χ1n) is 10.8. The summed E-state index contributed by atoms with van der Waals surface area (Å²) >= 11 is 0. The van der Waals surface area contributed by atoms with Crippen molar-refractivity contribution in [2.75, 3.05) is 6.54 Å². The molecule has 1 aromatic rings. The Kier molecular flexibility index (Phi) is 7.40. The number of ether oxygens (including phenoxy) is 1. The van der Waals surface area contributed by atoms with Gasteiger partial charge in [0.15, 0.2) is 0 Å². The molecule has 1 unspecified atom stereocenters. The van der Waals surface area contributed by atoms with E-state index in [-0.39, 0.29) is 24.4 Å². The fourth-order valence-electron chi connectivity index (χ4n) is 3.37. The third kappa shape index (κ3) is 7.56. The topological polar surface area (TPSA) is 87.7 Å². The molecule has 2 rings (SSSR count). The summed E-state index contributed by atoms with van der Waals surface area (Å²) in [5.74, 6) is -0.526. The van der Waals surface area contributed by atoms with E-state index in [2.05, 4.69) is 10.6 Å². The molecule has 0 aromatic heterocycles. The minimum Gasteiger partial charge on any atom is -0.444 e. The second kappa shape index (κ2) is 9.28. The van der Waals surface area contributed by atoms with E-state index < -0.39 is 23.3 Å². The average Bonchev–Trinajstić information content (AvgIpc) is 3.41. The lowest BCUT2D eigenvalue weighted by Crippen LogP contribution is -2.52. The van der Waals surface area contributed by atoms with Crippen LogP contribution in [0.25, 0.3) is 0 Å². The number of amides is 3. The molecule has 3 amide bonds. The molecule has 1 aliphatic carbocycles. The predicted octanol–water partition coefficient (Wildman–Crippen LogP) is 3.77. The van der Waals surface area contributed by atoms with Crippen molar-refractivity contribution in [3.8, 4) is 0 Å². The standard InChI is InChI=1S/C24H37N3O4/c1-15-9-10-16(2)18(13-15)20(21(29)26-23(3,4)5)27(17-11-12-17)19(28)14-25-22(30)31-24(6,7)8/h9-10,13,17,20H,11-12,14H2,1-8H3,(H,25,30)(H,26,29). The summed E-state index contributed by atoms with van der Waals surface area (Å²) in [5, 5.41) is 5.57. The number of carbonyl (C=O) groups is 3. The largest absolute Gasteiger partial charge is 0.444 e. The fourth-order valence-corrected chi connectivity index (χ4v) is 3.37. The maximum absolute atomic E-state index is 13.4. The molecule has 2 N–H and O–H groups in total. The van der Waals surface area contributed by atoms with Crippen molar-refractivity contribution in [2.24, 2.45) is 0 Å². The number of rotatable bonds is 6. The number of aryl methyl sites for hydroxylation is 2. The van der Waals surface area contributed by atoms with Crippen molar-refractivity contribution in [3.63, 3.8) is 0 Å². The number of hydrogen-bond donors (Lipinski definition) is 2. The Morgan fingerprint density at radius 1 is 1.10 bits per heavy atom. The van der Waals surface area contributed by atoms with Gasteiger partial charge in [0.25, 0.3) is 0 Å². The summed E-state index contributed by atoms with van der Waals surface area (Å²) in [7, 11) is 0. The van der Waals surface area contributed by atoms with Gasteiger partial charge in [0.2, 0.25) is 11.8 Å². The molecule has 1 saturated carbocycles. The monoisotopic (exact) mass is 431 g/mol. The molecule has 0 spiro atoms. The molecule has 1 atom stereocenters. The molecule has 0 heterocycles. The van der Waals surface area contributed by atoms with Gasteiger partial charge in [0, 0.05) is 11.6 Å². The SMILES string of the molecule is Cc1ccc(C)c(C(C(=O)NC(C)(C)C)N(C(=O)CNC(=O)OC(C)(C)C)C2CC2)c1. The van der Waals surface area contributed by atoms with E-state index in [9.17, 15) is 14.4 Å². The van der Waals surface area contributed by atoms with Crippen LogP contribution in [0.1, 0.15) is 77.1 Å². The van der Waals surface area contributed by atoms with Crippen molar-refractivity contribution < 1.29 is 19.1 Å². The Balaban J connectivity index is 2.34. The van der Waals surface area contributed by atoms with Gasteiger partial charge in [-0.2, -0.15) is 0 Å². The zero-order valence-corrected chi connectivity index (χ0v) is 20.1. The van der Waals surface area contributed by atoms with E-state index in [1.54, 1.807) is 25.7 Å². The average molecular weight is 432 g/mol. The normalized spacial score (nSPS) is 15.1. The van der Waals surface area contributed by atoms with Gasteiger partial charge < -0.3 is 20.3 Å². The lowest BCUT2D eigenvalue weighted by atomic mass is 9.95. The van der Waals surface area contributed by atoms with Crippen LogP contribution in [-0.4, -0.2) is 46.5 Å². The van der Waals surface area contributed by atoms with Crippen LogP contribution < -0.4 is 10.6 Å². The van der Waals surface area contributed by atoms with Gasteiger partial charge in [-0.3, -0.25) is 9.59 Å². The summed E-state index contributed by atoms with van der Waals surface area (Å²) in [4.78, 5) is 40.3. The van der Waals surface area contributed by atoms with E-state index in [4.69, 9.17) is 4.74 Å². The number of hydrogen-bond acceptors (Lipinski definition) is 4. The first kappa shape index (κ1) is 24.7. The van der Waals surface area contributed by atoms with Gasteiger partial charge in [-0.15, -0.1) is 0 Å². The van der Waals surface area contributed by atoms with Gasteiger partial charge in [0.05, 0.1) is 0 Å². The quantitative estimate of drug-likeness (QED) is 0.718. The first-order chi connectivity index (χ1) is 14.2. The van der Waals surface area contributed by atoms with Crippen LogP contribution in [-0.2, 0) is 14.3 Å². The molecule has 0 radical (unpaired) electrons. The molecule has 0 saturated heterocycles. The highest BCUT2D eigenvalue weighted by Crippen LogP contribution is 2.36. The Bertz CT molecular complexity index is 832. The highest BCUT2D eigenvalue weighted by molar-refractivity contribution is 5.91. The smallest absolute Gasteiger partial charge is 0.408 e. The number of nitrogens with one attached hydrogen (secondary N) is 2. The lowest BCUT2D eigenvalue weighted by Gasteiger charge is -2.35. The van der Waals surface area contributed by atoms with E-state index >= 15 is 0 Å². The number of nitrogens with zero attached hydrogens (tertiary/aromatic N) is 1. The maximum Gasteiger partial charge on any atom is 0.408 e. The summed E-state index contributed by atoms with van der Waals surface area (Å²) in [6.07, 6.45) is 1.02. The minimum atomic E-state index is -0.764. The van der Waals surface area contributed by atoms with Gasteiger partial charge >= 0.3 is 6.09 Å². The van der Waals surface area contributed by atoms with E-state index in [1.807, 2.05) is 52.8 Å². The highest BCUT2D eigenvalue weighted by Gasteiger charge is 2.42. The van der Waals surface area contributed by atoms with Gasteiger partial charge in [0.1, 0.15) is 18.2 Å². The lowest BCUT2D eigenvalue weighted by molar-refractivity contribution is -0.141. The van der Waals surface area contributed by atoms with Crippen molar-refractivity contribution in [1.29, 1.82) is 0 Å². The summed E-state index contributed by atoms with van der Waals surface area (Å²) in [6.45, 7) is 14.7. The van der Waals surface area contributed by atoms with Gasteiger partial charge in [-0.25, -0.2) is 4.79 Å². The molecule has 7 heteroatoms. The molecule has 7 nitrogen and oxygen atoms in total. The van der Waals surface area contributed by atoms with Crippen LogP contribution in [0.3, 0.4) is 0 Å². The van der Waals surface area contributed by atoms with Crippen LogP contribution in [0, 0.1) is 13.8 Å². The maximum atomic E-state index is 13.4. The Labute approximate surface area is 185 Å². The fraction of sp³-hybridized carbons (Fsp3) is 0.625. The van der Waals surface area contributed by atoms with Crippen LogP contribution in [0.2, 0.25) is 0 Å². The molecule has 1 fully saturated rings. The van der Waals surface area contributed by atoms with Crippen molar-refractivity contribution in [1.82, 2.24) is 15.5 Å². The van der Waals surface area contributed by atoms with E-state index in [1.165, 1.54) is 0 Å². The number of carbonyl (C=O) groups excluding carboxylic acids is 3. The molecule has 0 bridgehead atoms. The van der Waals surface area contributed by atoms with E-state index in [0.717, 1.165) is 29.5 Å². The molecular weight excluding hydrogens is 394 g/mol. The van der Waals surface area contributed by atoms with E-state index in [0.29, 0.717) is 0 Å². The zero-order valence-electron chi connectivity index (χ0n) is 20.1. The summed E-state index contributed by atoms with van der Waals surface area (Å²) < 4.78 is 5.24. The Hall–Kier alpha value is -2.57. The Morgan fingerprint density at radius 3 is 2.23 bits per heavy atom. The van der Waals surface area contributed by atoms with Crippen molar-refractivity contribution in [2.45, 2.75) is 91.5 Å². The van der Waals surface area contributed by atoms with Gasteiger partial charge in [-0.1, -0.05) is 23.8 Å². The van der Waals surface area contributed by atoms with Crippen LogP contribution in [0.15, 0.2) is 18.2 Å². The zero-order chi connectivity index (χ0) is 23.6. The predicted molar refractivity (Wildman–Crippen MR) is 121 cm³/mol. The summed E-state index contributed by atoms with van der Waals surface area (Å²) in [6, 6.07) is 5.14. The second-order valence-electron chi connectivity index (χ2n) is 10.4. The highest BCUT2D eigenvalue weighted by atomic mass is 16.6. The van der Waals surface area contributed by atoms with Gasteiger partial charge in [-0.05, 0) is 79.4 Å². The molecule has 1 aromatic carbocycles. The minimum absolute atomic E-state index is 0.0245. The van der Waals surface area contributed by atoms with Crippen LogP contribution >= 0.6 is 0 Å². The van der Waals surface area contributed by atoms with Crippen molar-refractivity contribution in [3.05, 3.63) is 34.9 Å². The molecular formula is C24H37N3O4. The summed E-state index contributed by atoms with van der Waals surface area (Å²) in [5.41, 5.74) is 1.67. The van der Waals surface area contributed by atoms with Crippen LogP contribution in [0.5, 0.6) is 0 Å². The first-order valence-corrected chi connectivity index (χ1v) is 10.8. The molecule has 0 aliphatic heterocycles. The molecule has 1 aliphatic rings.